The highest BCUT2D eigenvalue weighted by Crippen LogP contribution is 2.24. The van der Waals surface area contributed by atoms with Gasteiger partial charge in [0.15, 0.2) is 11.5 Å². The van der Waals surface area contributed by atoms with Gasteiger partial charge in [0.25, 0.3) is 0 Å². The van der Waals surface area contributed by atoms with E-state index in [0.29, 0.717) is 18.1 Å². The lowest BCUT2D eigenvalue weighted by molar-refractivity contribution is 0.306. The van der Waals surface area contributed by atoms with Crippen molar-refractivity contribution in [2.24, 2.45) is 5.10 Å². The first-order chi connectivity index (χ1) is 14.9. The van der Waals surface area contributed by atoms with E-state index in [0.717, 1.165) is 27.6 Å². The van der Waals surface area contributed by atoms with Crippen molar-refractivity contribution in [2.45, 2.75) is 6.61 Å². The third-order valence-corrected chi connectivity index (χ3v) is 4.69. The van der Waals surface area contributed by atoms with Crippen molar-refractivity contribution < 1.29 is 4.74 Å². The zero-order valence-corrected chi connectivity index (χ0v) is 16.0. The standard InChI is InChI=1S/C23H18N6O/c1-2-8-17(9-3-1)15-30-21-13-7-4-10-18(21)14-24-26-22-19-11-5-6-12-20(19)23-27-25-16-29(23)28-22/h1-14,16H,15H2,(H,26,28)/b24-14+. The van der Waals surface area contributed by atoms with Crippen LogP contribution in [0.25, 0.3) is 16.4 Å². The number of aromatic nitrogens is 4. The second kappa shape index (κ2) is 8.00. The highest BCUT2D eigenvalue weighted by Gasteiger charge is 2.09. The molecule has 30 heavy (non-hydrogen) atoms. The summed E-state index contributed by atoms with van der Waals surface area (Å²) < 4.78 is 7.62. The van der Waals surface area contributed by atoms with Gasteiger partial charge in [-0.25, -0.2) is 0 Å². The third kappa shape index (κ3) is 3.56. The van der Waals surface area contributed by atoms with Crippen LogP contribution in [0.2, 0.25) is 0 Å². The molecule has 146 valence electrons. The molecular formula is C23H18N6O. The predicted octanol–water partition coefficient (Wildman–Crippen LogP) is 4.30. The number of para-hydroxylation sites is 1. The largest absolute Gasteiger partial charge is 0.488 e. The molecule has 1 N–H and O–H groups in total. The van der Waals surface area contributed by atoms with Gasteiger partial charge in [-0.2, -0.15) is 9.62 Å². The number of hydrogen-bond acceptors (Lipinski definition) is 6. The minimum atomic E-state index is 0.496. The van der Waals surface area contributed by atoms with Gasteiger partial charge in [0.1, 0.15) is 18.7 Å². The predicted molar refractivity (Wildman–Crippen MR) is 117 cm³/mol. The molecule has 0 bridgehead atoms. The zero-order chi connectivity index (χ0) is 20.2. The average molecular weight is 394 g/mol. The number of anilines is 1. The van der Waals surface area contributed by atoms with Crippen LogP contribution in [0.3, 0.4) is 0 Å². The molecule has 7 heteroatoms. The number of hydrazone groups is 1. The molecule has 0 spiro atoms. The Morgan fingerprint density at radius 2 is 1.67 bits per heavy atom. The Kier molecular flexibility index (Phi) is 4.75. The summed E-state index contributed by atoms with van der Waals surface area (Å²) >= 11 is 0. The molecule has 0 atom stereocenters. The topological polar surface area (TPSA) is 76.7 Å². The van der Waals surface area contributed by atoms with Gasteiger partial charge in [-0.3, -0.25) is 5.43 Å². The number of nitrogens with zero attached hydrogens (tertiary/aromatic N) is 5. The number of rotatable bonds is 6. The third-order valence-electron chi connectivity index (χ3n) is 4.69. The molecule has 0 saturated carbocycles. The maximum Gasteiger partial charge on any atom is 0.185 e. The van der Waals surface area contributed by atoms with E-state index in [1.807, 2.05) is 78.9 Å². The lowest BCUT2D eigenvalue weighted by atomic mass is 10.2. The zero-order valence-electron chi connectivity index (χ0n) is 16.0. The van der Waals surface area contributed by atoms with Crippen molar-refractivity contribution in [1.29, 1.82) is 0 Å². The summed E-state index contributed by atoms with van der Waals surface area (Å²) in [6.45, 7) is 0.496. The Balaban J connectivity index is 1.39. The fourth-order valence-electron chi connectivity index (χ4n) is 3.23. The molecule has 0 aliphatic carbocycles. The molecule has 0 fully saturated rings. The van der Waals surface area contributed by atoms with Gasteiger partial charge in [-0.15, -0.1) is 15.3 Å². The Bertz CT molecular complexity index is 1330. The van der Waals surface area contributed by atoms with Crippen LogP contribution in [-0.2, 0) is 6.61 Å². The van der Waals surface area contributed by atoms with Crippen LogP contribution in [0.1, 0.15) is 11.1 Å². The number of nitrogens with one attached hydrogen (secondary N) is 1. The fraction of sp³-hybridized carbons (Fsp3) is 0.0435. The molecule has 2 aromatic heterocycles. The first kappa shape index (κ1) is 17.8. The summed E-state index contributed by atoms with van der Waals surface area (Å²) in [5.74, 6) is 1.39. The van der Waals surface area contributed by atoms with Gasteiger partial charge in [-0.1, -0.05) is 66.7 Å². The molecule has 3 aromatic carbocycles. The van der Waals surface area contributed by atoms with E-state index < -0.39 is 0 Å². The van der Waals surface area contributed by atoms with Crippen molar-refractivity contribution in [3.05, 3.63) is 96.3 Å². The first-order valence-electron chi connectivity index (χ1n) is 9.52. The minimum absolute atomic E-state index is 0.496. The van der Waals surface area contributed by atoms with Gasteiger partial charge in [-0.05, 0) is 17.7 Å². The fourth-order valence-corrected chi connectivity index (χ4v) is 3.23. The molecular weight excluding hydrogens is 376 g/mol. The van der Waals surface area contributed by atoms with Crippen molar-refractivity contribution in [1.82, 2.24) is 19.8 Å². The Hall–Kier alpha value is -4.26. The van der Waals surface area contributed by atoms with E-state index in [1.165, 1.54) is 0 Å². The van der Waals surface area contributed by atoms with Gasteiger partial charge >= 0.3 is 0 Å². The summed E-state index contributed by atoms with van der Waals surface area (Å²) in [4.78, 5) is 0. The lowest BCUT2D eigenvalue weighted by Gasteiger charge is -2.09. The Morgan fingerprint density at radius 1 is 0.900 bits per heavy atom. The molecule has 0 aliphatic heterocycles. The molecule has 2 heterocycles. The molecule has 0 radical (unpaired) electrons. The number of benzene rings is 3. The maximum absolute atomic E-state index is 5.99. The molecule has 0 saturated heterocycles. The van der Waals surface area contributed by atoms with Crippen molar-refractivity contribution in [2.75, 3.05) is 5.43 Å². The van der Waals surface area contributed by atoms with E-state index >= 15 is 0 Å². The maximum atomic E-state index is 5.99. The van der Waals surface area contributed by atoms with E-state index in [9.17, 15) is 0 Å². The highest BCUT2D eigenvalue weighted by atomic mass is 16.5. The van der Waals surface area contributed by atoms with Gasteiger partial charge in [0.2, 0.25) is 0 Å². The van der Waals surface area contributed by atoms with E-state index in [4.69, 9.17) is 4.74 Å². The Morgan fingerprint density at radius 3 is 2.57 bits per heavy atom. The van der Waals surface area contributed by atoms with E-state index in [-0.39, 0.29) is 0 Å². The van der Waals surface area contributed by atoms with Crippen LogP contribution >= 0.6 is 0 Å². The SMILES string of the molecule is C(=N\Nc1nn2cnnc2c2ccccc12)/c1ccccc1OCc1ccccc1. The quantitative estimate of drug-likeness (QED) is 0.343. The van der Waals surface area contributed by atoms with Crippen LogP contribution in [0.15, 0.2) is 90.3 Å². The van der Waals surface area contributed by atoms with Crippen molar-refractivity contribution in [3.8, 4) is 5.75 Å². The van der Waals surface area contributed by atoms with Crippen LogP contribution in [0.4, 0.5) is 5.82 Å². The smallest absolute Gasteiger partial charge is 0.185 e. The van der Waals surface area contributed by atoms with Crippen LogP contribution in [0, 0.1) is 0 Å². The monoisotopic (exact) mass is 394 g/mol. The number of ether oxygens (including phenoxy) is 1. The molecule has 0 unspecified atom stereocenters. The molecule has 0 aliphatic rings. The normalized spacial score (nSPS) is 11.3. The summed E-state index contributed by atoms with van der Waals surface area (Å²) in [5, 5.41) is 18.9. The first-order valence-corrected chi connectivity index (χ1v) is 9.52. The molecule has 0 amide bonds. The van der Waals surface area contributed by atoms with Crippen molar-refractivity contribution >= 4 is 28.5 Å². The van der Waals surface area contributed by atoms with E-state index in [1.54, 1.807) is 17.1 Å². The van der Waals surface area contributed by atoms with Crippen LogP contribution < -0.4 is 10.2 Å². The molecule has 5 aromatic rings. The van der Waals surface area contributed by atoms with E-state index in [2.05, 4.69) is 25.8 Å². The molecule has 5 rings (SSSR count). The summed E-state index contributed by atoms with van der Waals surface area (Å²) in [6, 6.07) is 25.7. The lowest BCUT2D eigenvalue weighted by Crippen LogP contribution is -2.01. The Labute approximate surface area is 172 Å². The van der Waals surface area contributed by atoms with Crippen LogP contribution in [-0.4, -0.2) is 26.0 Å². The van der Waals surface area contributed by atoms with Crippen LogP contribution in [0.5, 0.6) is 5.75 Å². The number of fused-ring (bicyclic) bond motifs is 3. The summed E-state index contributed by atoms with van der Waals surface area (Å²) in [6.07, 6.45) is 3.30. The van der Waals surface area contributed by atoms with Gasteiger partial charge in [0.05, 0.1) is 6.21 Å². The van der Waals surface area contributed by atoms with Gasteiger partial charge in [0, 0.05) is 16.3 Å². The second-order valence-electron chi connectivity index (χ2n) is 6.68. The number of hydrogen-bond donors (Lipinski definition) is 1. The summed E-state index contributed by atoms with van der Waals surface area (Å²) in [7, 11) is 0. The van der Waals surface area contributed by atoms with Gasteiger partial charge < -0.3 is 4.74 Å². The minimum Gasteiger partial charge on any atom is -0.488 e. The summed E-state index contributed by atoms with van der Waals surface area (Å²) in [5.41, 5.74) is 5.74. The molecule has 7 nitrogen and oxygen atoms in total. The highest BCUT2D eigenvalue weighted by molar-refractivity contribution is 6.00. The average Bonchev–Trinajstić information content (AvgIpc) is 3.28. The van der Waals surface area contributed by atoms with Crippen molar-refractivity contribution in [3.63, 3.8) is 0 Å². The second-order valence-corrected chi connectivity index (χ2v) is 6.68.